The number of aromatic nitrogens is 3. The van der Waals surface area contributed by atoms with E-state index in [0.29, 0.717) is 17.5 Å². The number of nitrogens with zero attached hydrogens (tertiary/aromatic N) is 3. The van der Waals surface area contributed by atoms with Crippen LogP contribution in [-0.4, -0.2) is 15.0 Å². The van der Waals surface area contributed by atoms with Crippen LogP contribution in [0.4, 0.5) is 0 Å². The lowest BCUT2D eigenvalue weighted by Gasteiger charge is -2.12. The van der Waals surface area contributed by atoms with E-state index < -0.39 is 0 Å². The molecule has 2 aromatic heterocycles. The van der Waals surface area contributed by atoms with Crippen molar-refractivity contribution in [2.45, 2.75) is 0 Å². The van der Waals surface area contributed by atoms with Crippen LogP contribution in [0.3, 0.4) is 0 Å². The van der Waals surface area contributed by atoms with Crippen LogP contribution in [0.1, 0.15) is 0 Å². The molecule has 2 heterocycles. The summed E-state index contributed by atoms with van der Waals surface area (Å²) in [7, 11) is 0. The van der Waals surface area contributed by atoms with E-state index in [1.807, 2.05) is 29.5 Å². The van der Waals surface area contributed by atoms with Gasteiger partial charge in [0.05, 0.1) is 0 Å². The maximum atomic E-state index is 5.15. The van der Waals surface area contributed by atoms with Gasteiger partial charge in [0.2, 0.25) is 0 Å². The molecule has 0 aliphatic heterocycles. The van der Waals surface area contributed by atoms with Crippen molar-refractivity contribution in [1.29, 1.82) is 0 Å². The van der Waals surface area contributed by atoms with E-state index in [4.69, 9.17) is 15.0 Å². The van der Waals surface area contributed by atoms with E-state index in [0.717, 1.165) is 22.3 Å². The van der Waals surface area contributed by atoms with E-state index in [1.54, 1.807) is 0 Å². The molecule has 0 aliphatic carbocycles. The summed E-state index contributed by atoms with van der Waals surface area (Å²) in [4.78, 5) is 15.2. The van der Waals surface area contributed by atoms with Gasteiger partial charge in [0, 0.05) is 42.2 Å². The third-order valence-corrected chi connectivity index (χ3v) is 9.74. The van der Waals surface area contributed by atoms with E-state index in [1.165, 1.54) is 47.3 Å². The lowest BCUT2D eigenvalue weighted by molar-refractivity contribution is 1.08. The molecule has 0 aliphatic rings. The lowest BCUT2D eigenvalue weighted by atomic mass is 9.97. The monoisotopic (exact) mass is 591 g/mol. The molecule has 4 heteroatoms. The van der Waals surface area contributed by atoms with Crippen molar-refractivity contribution in [2.75, 3.05) is 0 Å². The topological polar surface area (TPSA) is 38.7 Å². The number of rotatable bonds is 4. The minimum absolute atomic E-state index is 0.656. The van der Waals surface area contributed by atoms with E-state index in [-0.39, 0.29) is 0 Å². The van der Waals surface area contributed by atoms with Gasteiger partial charge in [-0.25, -0.2) is 15.0 Å². The predicted octanol–water partition coefficient (Wildman–Crippen LogP) is 11.2. The van der Waals surface area contributed by atoms with Gasteiger partial charge in [0.1, 0.15) is 0 Å². The van der Waals surface area contributed by atoms with Gasteiger partial charge in [-0.2, -0.15) is 0 Å². The predicted molar refractivity (Wildman–Crippen MR) is 189 cm³/mol. The highest BCUT2D eigenvalue weighted by atomic mass is 32.1. The zero-order valence-corrected chi connectivity index (χ0v) is 25.0. The van der Waals surface area contributed by atoms with E-state index in [2.05, 4.69) is 133 Å². The van der Waals surface area contributed by atoms with Crippen molar-refractivity contribution in [2.24, 2.45) is 0 Å². The normalized spacial score (nSPS) is 11.6. The second kappa shape index (κ2) is 10.5. The molecule has 9 rings (SSSR count). The number of hydrogen-bond donors (Lipinski definition) is 0. The first-order valence-corrected chi connectivity index (χ1v) is 15.9. The third kappa shape index (κ3) is 4.38. The molecule has 0 radical (unpaired) electrons. The van der Waals surface area contributed by atoms with Crippen LogP contribution in [0, 0.1) is 0 Å². The zero-order chi connectivity index (χ0) is 29.7. The molecule has 0 bridgehead atoms. The minimum atomic E-state index is 0.656. The first-order valence-electron chi connectivity index (χ1n) is 15.0. The maximum absolute atomic E-state index is 5.15. The van der Waals surface area contributed by atoms with Crippen molar-refractivity contribution >= 4 is 53.1 Å². The van der Waals surface area contributed by atoms with E-state index >= 15 is 0 Å². The Kier molecular flexibility index (Phi) is 6.00. The molecule has 0 atom stereocenters. The highest BCUT2D eigenvalue weighted by molar-refractivity contribution is 7.26. The molecule has 0 N–H and O–H groups in total. The first kappa shape index (κ1) is 25.8. The molecule has 210 valence electrons. The Morgan fingerprint density at radius 3 is 1.78 bits per heavy atom. The summed E-state index contributed by atoms with van der Waals surface area (Å²) >= 11 is 1.83. The standard InChI is InChI=1S/C41H25N3S/c1-2-11-29(12-3-1)39-42-40(30-22-20-27(21-23-30)32-17-8-13-26-10-4-5-15-31(26)32)44-41(43-39)35-18-9-14-28-24-25-34-33-16-6-7-19-36(33)45-38(34)37(28)35/h1-25H. The molecule has 0 spiro atoms. The molecular weight excluding hydrogens is 567 g/mol. The minimum Gasteiger partial charge on any atom is -0.208 e. The van der Waals surface area contributed by atoms with Gasteiger partial charge in [-0.15, -0.1) is 11.3 Å². The van der Waals surface area contributed by atoms with Gasteiger partial charge < -0.3 is 0 Å². The average Bonchev–Trinajstić information content (AvgIpc) is 3.50. The molecule has 45 heavy (non-hydrogen) atoms. The SMILES string of the molecule is c1ccc(-c2nc(-c3ccc(-c4cccc5ccccc45)cc3)nc(-c3cccc4ccc5c6ccccc6sc5c34)n2)cc1. The van der Waals surface area contributed by atoms with Gasteiger partial charge in [-0.05, 0) is 33.4 Å². The fourth-order valence-corrected chi connectivity index (χ4v) is 7.63. The van der Waals surface area contributed by atoms with Crippen LogP contribution in [-0.2, 0) is 0 Å². The Morgan fingerprint density at radius 2 is 0.956 bits per heavy atom. The largest absolute Gasteiger partial charge is 0.208 e. The van der Waals surface area contributed by atoms with E-state index in [9.17, 15) is 0 Å². The molecule has 9 aromatic rings. The van der Waals surface area contributed by atoms with Crippen molar-refractivity contribution in [3.63, 3.8) is 0 Å². The summed E-state index contributed by atoms with van der Waals surface area (Å²) < 4.78 is 2.54. The van der Waals surface area contributed by atoms with Crippen molar-refractivity contribution < 1.29 is 0 Å². The Labute approximate surface area is 264 Å². The molecule has 0 saturated heterocycles. The second-order valence-corrected chi connectivity index (χ2v) is 12.3. The summed E-state index contributed by atoms with van der Waals surface area (Å²) in [5.74, 6) is 1.99. The Bertz CT molecular complexity index is 2530. The average molecular weight is 592 g/mol. The maximum Gasteiger partial charge on any atom is 0.164 e. The van der Waals surface area contributed by atoms with Gasteiger partial charge in [-0.3, -0.25) is 0 Å². The molecule has 3 nitrogen and oxygen atoms in total. The number of benzene rings is 7. The number of hydrogen-bond acceptors (Lipinski definition) is 4. The highest BCUT2D eigenvalue weighted by Crippen LogP contribution is 2.42. The van der Waals surface area contributed by atoms with Gasteiger partial charge in [0.25, 0.3) is 0 Å². The van der Waals surface area contributed by atoms with Crippen molar-refractivity contribution in [3.8, 4) is 45.3 Å². The van der Waals surface area contributed by atoms with Crippen LogP contribution < -0.4 is 0 Å². The molecule has 0 saturated carbocycles. The molecule has 0 fully saturated rings. The van der Waals surface area contributed by atoms with Crippen LogP contribution in [0.5, 0.6) is 0 Å². The third-order valence-electron chi connectivity index (χ3n) is 8.54. The molecule has 7 aromatic carbocycles. The summed E-state index contributed by atoms with van der Waals surface area (Å²) in [5.41, 5.74) is 5.30. The summed E-state index contributed by atoms with van der Waals surface area (Å²) in [6, 6.07) is 53.2. The fraction of sp³-hybridized carbons (Fsp3) is 0. The quantitative estimate of drug-likeness (QED) is 0.204. The summed E-state index contributed by atoms with van der Waals surface area (Å²) in [5, 5.41) is 7.37. The first-order chi connectivity index (χ1) is 22.3. The van der Waals surface area contributed by atoms with Crippen molar-refractivity contribution in [3.05, 3.63) is 152 Å². The smallest absolute Gasteiger partial charge is 0.164 e. The van der Waals surface area contributed by atoms with Gasteiger partial charge >= 0.3 is 0 Å². The van der Waals surface area contributed by atoms with Gasteiger partial charge in [0.15, 0.2) is 17.5 Å². The Balaban J connectivity index is 1.24. The van der Waals surface area contributed by atoms with Crippen LogP contribution in [0.15, 0.2) is 152 Å². The fourth-order valence-electron chi connectivity index (χ4n) is 6.36. The molecule has 0 amide bonds. The lowest BCUT2D eigenvalue weighted by Crippen LogP contribution is -2.00. The Hall–Kier alpha value is -5.71. The number of fused-ring (bicyclic) bond motifs is 6. The number of thiophene rings is 1. The Morgan fingerprint density at radius 1 is 0.356 bits per heavy atom. The molecule has 0 unspecified atom stereocenters. The van der Waals surface area contributed by atoms with Crippen LogP contribution in [0.25, 0.3) is 87.0 Å². The summed E-state index contributed by atoms with van der Waals surface area (Å²) in [6.07, 6.45) is 0. The van der Waals surface area contributed by atoms with Crippen LogP contribution in [0.2, 0.25) is 0 Å². The van der Waals surface area contributed by atoms with Crippen LogP contribution >= 0.6 is 11.3 Å². The summed E-state index contributed by atoms with van der Waals surface area (Å²) in [6.45, 7) is 0. The zero-order valence-electron chi connectivity index (χ0n) is 24.2. The van der Waals surface area contributed by atoms with Crippen molar-refractivity contribution in [1.82, 2.24) is 15.0 Å². The van der Waals surface area contributed by atoms with Gasteiger partial charge in [-0.1, -0.05) is 146 Å². The second-order valence-electron chi connectivity index (χ2n) is 11.2. The molecular formula is C41H25N3S. The highest BCUT2D eigenvalue weighted by Gasteiger charge is 2.17.